The van der Waals surface area contributed by atoms with Crippen LogP contribution >= 0.6 is 0 Å². The molecule has 0 bridgehead atoms. The molecule has 1 fully saturated rings. The molecule has 0 N–H and O–H groups in total. The molecule has 4 rings (SSSR count). The molecule has 1 saturated heterocycles. The molecule has 128 valence electrons. The van der Waals surface area contributed by atoms with Gasteiger partial charge in [0.1, 0.15) is 5.52 Å². The zero-order chi connectivity index (χ0) is 17.6. The predicted octanol–water partition coefficient (Wildman–Crippen LogP) is 1.56. The molecule has 0 unspecified atom stereocenters. The highest BCUT2D eigenvalue weighted by atomic mass is 16.2. The van der Waals surface area contributed by atoms with Crippen molar-refractivity contribution in [3.63, 3.8) is 0 Å². The van der Waals surface area contributed by atoms with Crippen LogP contribution in [0.4, 0.5) is 4.79 Å². The maximum absolute atomic E-state index is 12.8. The molecular formula is C17H18N6O2. The van der Waals surface area contributed by atoms with Crippen molar-refractivity contribution in [3.8, 4) is 11.4 Å². The second-order valence-corrected chi connectivity index (χ2v) is 6.31. The van der Waals surface area contributed by atoms with Gasteiger partial charge in [-0.2, -0.15) is 4.57 Å². The maximum atomic E-state index is 12.8. The van der Waals surface area contributed by atoms with E-state index in [-0.39, 0.29) is 6.03 Å². The van der Waals surface area contributed by atoms with Crippen LogP contribution in [0.15, 0.2) is 29.5 Å². The summed E-state index contributed by atoms with van der Waals surface area (Å²) in [7, 11) is 1.62. The Morgan fingerprint density at radius 1 is 1.16 bits per heavy atom. The Morgan fingerprint density at radius 2 is 1.92 bits per heavy atom. The summed E-state index contributed by atoms with van der Waals surface area (Å²) in [5.74, 6) is 0.442. The number of carbonyl (C=O) groups excluding carboxylic acids is 1. The average Bonchev–Trinajstić information content (AvgIpc) is 3.23. The Hall–Kier alpha value is -3.03. The first-order valence-corrected chi connectivity index (χ1v) is 8.22. The van der Waals surface area contributed by atoms with Gasteiger partial charge in [-0.15, -0.1) is 0 Å². The standard InChI is InChI=1S/C17H18N6O2/c1-11-7-12(9-18-8-11)14-19-10-13-15(20-14)23(16(24)21(13)2)17(25)22-5-3-4-6-22/h7-10H,3-6H2,1-2H3. The topological polar surface area (TPSA) is 85.9 Å². The van der Waals surface area contributed by atoms with Crippen molar-refractivity contribution in [2.75, 3.05) is 13.1 Å². The molecule has 0 radical (unpaired) electrons. The fourth-order valence-corrected chi connectivity index (χ4v) is 3.15. The van der Waals surface area contributed by atoms with Crippen LogP contribution in [0, 0.1) is 6.92 Å². The molecule has 25 heavy (non-hydrogen) atoms. The van der Waals surface area contributed by atoms with E-state index in [0.29, 0.717) is 30.1 Å². The van der Waals surface area contributed by atoms with E-state index in [1.165, 1.54) is 4.57 Å². The molecule has 0 aliphatic carbocycles. The first kappa shape index (κ1) is 15.5. The molecule has 4 heterocycles. The molecule has 0 aromatic carbocycles. The largest absolute Gasteiger partial charge is 0.338 e. The van der Waals surface area contributed by atoms with Crippen molar-refractivity contribution in [1.82, 2.24) is 29.0 Å². The minimum Gasteiger partial charge on any atom is -0.324 e. The van der Waals surface area contributed by atoms with Crippen LogP contribution in [0.25, 0.3) is 22.6 Å². The van der Waals surface area contributed by atoms with Gasteiger partial charge in [-0.25, -0.2) is 19.6 Å². The second-order valence-electron chi connectivity index (χ2n) is 6.31. The minimum atomic E-state index is -0.402. The van der Waals surface area contributed by atoms with Gasteiger partial charge in [0.25, 0.3) is 0 Å². The lowest BCUT2D eigenvalue weighted by molar-refractivity contribution is 0.210. The molecular weight excluding hydrogens is 320 g/mol. The summed E-state index contributed by atoms with van der Waals surface area (Å²) >= 11 is 0. The number of pyridine rings is 1. The molecule has 1 amide bonds. The third kappa shape index (κ3) is 2.50. The Labute approximate surface area is 143 Å². The van der Waals surface area contributed by atoms with E-state index < -0.39 is 5.69 Å². The van der Waals surface area contributed by atoms with Gasteiger partial charge in [0.2, 0.25) is 0 Å². The van der Waals surface area contributed by atoms with Crippen LogP contribution in [0.5, 0.6) is 0 Å². The number of nitrogens with zero attached hydrogens (tertiary/aromatic N) is 6. The SMILES string of the molecule is Cc1cncc(-c2ncc3c(n2)n(C(=O)N2CCCC2)c(=O)n3C)c1. The maximum Gasteiger partial charge on any atom is 0.338 e. The second kappa shape index (κ2) is 5.80. The van der Waals surface area contributed by atoms with E-state index in [1.54, 1.807) is 30.5 Å². The Morgan fingerprint density at radius 3 is 2.64 bits per heavy atom. The number of hydrogen-bond donors (Lipinski definition) is 0. The monoisotopic (exact) mass is 338 g/mol. The third-order valence-corrected chi connectivity index (χ3v) is 4.50. The zero-order valence-corrected chi connectivity index (χ0v) is 14.1. The van der Waals surface area contributed by atoms with E-state index in [9.17, 15) is 9.59 Å². The van der Waals surface area contributed by atoms with Gasteiger partial charge in [0.15, 0.2) is 11.5 Å². The van der Waals surface area contributed by atoms with Gasteiger partial charge in [-0.1, -0.05) is 0 Å². The molecule has 0 atom stereocenters. The number of hydrogen-bond acceptors (Lipinski definition) is 5. The number of imidazole rings is 1. The number of rotatable bonds is 1. The first-order chi connectivity index (χ1) is 12.1. The summed E-state index contributed by atoms with van der Waals surface area (Å²) in [4.78, 5) is 40.1. The molecule has 3 aromatic heterocycles. The summed E-state index contributed by atoms with van der Waals surface area (Å²) < 4.78 is 2.55. The van der Waals surface area contributed by atoms with Crippen molar-refractivity contribution in [3.05, 3.63) is 40.7 Å². The Balaban J connectivity index is 1.90. The number of likely N-dealkylation sites (tertiary alicyclic amines) is 1. The lowest BCUT2D eigenvalue weighted by Gasteiger charge is -2.14. The fraction of sp³-hybridized carbons (Fsp3) is 0.353. The lowest BCUT2D eigenvalue weighted by Crippen LogP contribution is -2.38. The highest BCUT2D eigenvalue weighted by Gasteiger charge is 2.25. The quantitative estimate of drug-likeness (QED) is 0.672. The highest BCUT2D eigenvalue weighted by Crippen LogP contribution is 2.19. The summed E-state index contributed by atoms with van der Waals surface area (Å²) in [6, 6.07) is 1.60. The van der Waals surface area contributed by atoms with Gasteiger partial charge in [-0.3, -0.25) is 9.55 Å². The summed E-state index contributed by atoms with van der Waals surface area (Å²) in [6.07, 6.45) is 6.91. The number of aromatic nitrogens is 5. The van der Waals surface area contributed by atoms with E-state index in [0.717, 1.165) is 28.5 Å². The van der Waals surface area contributed by atoms with Crippen LogP contribution in [0.2, 0.25) is 0 Å². The van der Waals surface area contributed by atoms with Crippen molar-refractivity contribution < 1.29 is 4.79 Å². The van der Waals surface area contributed by atoms with Crippen LogP contribution in [0.3, 0.4) is 0 Å². The first-order valence-electron chi connectivity index (χ1n) is 8.22. The summed E-state index contributed by atoms with van der Waals surface area (Å²) in [6.45, 7) is 3.27. The lowest BCUT2D eigenvalue weighted by atomic mass is 10.2. The van der Waals surface area contributed by atoms with Gasteiger partial charge < -0.3 is 4.90 Å². The van der Waals surface area contributed by atoms with Crippen molar-refractivity contribution in [2.45, 2.75) is 19.8 Å². The van der Waals surface area contributed by atoms with E-state index in [1.807, 2.05) is 13.0 Å². The molecule has 1 aliphatic rings. The average molecular weight is 338 g/mol. The van der Waals surface area contributed by atoms with E-state index in [4.69, 9.17) is 0 Å². The molecule has 8 nitrogen and oxygen atoms in total. The van der Waals surface area contributed by atoms with Crippen molar-refractivity contribution in [1.29, 1.82) is 0 Å². The van der Waals surface area contributed by atoms with Crippen LogP contribution < -0.4 is 5.69 Å². The highest BCUT2D eigenvalue weighted by molar-refractivity contribution is 5.87. The molecule has 1 aliphatic heterocycles. The summed E-state index contributed by atoms with van der Waals surface area (Å²) in [5, 5.41) is 0. The van der Waals surface area contributed by atoms with E-state index in [2.05, 4.69) is 15.0 Å². The predicted molar refractivity (Wildman–Crippen MR) is 92.3 cm³/mol. The number of carbonyl (C=O) groups is 1. The fourth-order valence-electron chi connectivity index (χ4n) is 3.15. The number of aryl methyl sites for hydroxylation is 2. The molecule has 0 spiro atoms. The Kier molecular flexibility index (Phi) is 3.60. The van der Waals surface area contributed by atoms with E-state index >= 15 is 0 Å². The van der Waals surface area contributed by atoms with Crippen LogP contribution in [-0.4, -0.2) is 48.1 Å². The number of fused-ring (bicyclic) bond motifs is 1. The van der Waals surface area contributed by atoms with Crippen LogP contribution in [-0.2, 0) is 7.05 Å². The van der Waals surface area contributed by atoms with Gasteiger partial charge in [0, 0.05) is 38.1 Å². The van der Waals surface area contributed by atoms with Gasteiger partial charge >= 0.3 is 11.7 Å². The van der Waals surface area contributed by atoms with Gasteiger partial charge in [-0.05, 0) is 31.4 Å². The molecule has 8 heteroatoms. The van der Waals surface area contributed by atoms with Gasteiger partial charge in [0.05, 0.1) is 6.20 Å². The molecule has 3 aromatic rings. The summed E-state index contributed by atoms with van der Waals surface area (Å²) in [5.41, 5.74) is 2.19. The van der Waals surface area contributed by atoms with Crippen molar-refractivity contribution >= 4 is 17.2 Å². The number of amides is 1. The van der Waals surface area contributed by atoms with Crippen LogP contribution in [0.1, 0.15) is 18.4 Å². The minimum absolute atomic E-state index is 0.319. The smallest absolute Gasteiger partial charge is 0.324 e. The Bertz CT molecular complexity index is 1030. The molecule has 0 saturated carbocycles. The normalized spacial score (nSPS) is 14.4. The van der Waals surface area contributed by atoms with Crippen molar-refractivity contribution in [2.24, 2.45) is 7.05 Å². The third-order valence-electron chi connectivity index (χ3n) is 4.50. The zero-order valence-electron chi connectivity index (χ0n) is 14.1.